The molecule has 0 bridgehead atoms. The summed E-state index contributed by atoms with van der Waals surface area (Å²) in [7, 11) is 0. The highest BCUT2D eigenvalue weighted by Crippen LogP contribution is 2.33. The zero-order valence-corrected chi connectivity index (χ0v) is 12.2. The number of para-hydroxylation sites is 1. The number of hydrogen-bond donors (Lipinski definition) is 2. The molecule has 1 unspecified atom stereocenters. The Bertz CT molecular complexity index is 623. The molecule has 0 fully saturated rings. The van der Waals surface area contributed by atoms with E-state index in [1.165, 1.54) is 10.4 Å². The van der Waals surface area contributed by atoms with E-state index in [1.54, 1.807) is 11.3 Å². The third kappa shape index (κ3) is 2.82. The summed E-state index contributed by atoms with van der Waals surface area (Å²) in [6.07, 6.45) is 2.36. The Hall–Kier alpha value is -1.88. The van der Waals surface area contributed by atoms with E-state index in [1.807, 2.05) is 25.3 Å². The first-order chi connectivity index (χ1) is 9.72. The average molecular weight is 287 g/mol. The smallest absolute Gasteiger partial charge is 0.221 e. The maximum Gasteiger partial charge on any atom is 0.221 e. The normalized spacial score (nSPS) is 16.6. The summed E-state index contributed by atoms with van der Waals surface area (Å²) in [6, 6.07) is 8.19. The summed E-state index contributed by atoms with van der Waals surface area (Å²) >= 11 is 1.62. The van der Waals surface area contributed by atoms with Crippen LogP contribution in [0.2, 0.25) is 0 Å². The summed E-state index contributed by atoms with van der Waals surface area (Å²) in [6.45, 7) is 3.38. The summed E-state index contributed by atoms with van der Waals surface area (Å²) in [5, 5.41) is 7.25. The summed E-state index contributed by atoms with van der Waals surface area (Å²) < 4.78 is 0. The SMILES string of the molecule is Cc1cnc(CNC(=O)CC2CNc3ccccc32)s1. The van der Waals surface area contributed by atoms with Gasteiger partial charge in [0.15, 0.2) is 0 Å². The lowest BCUT2D eigenvalue weighted by Gasteiger charge is -2.09. The maximum absolute atomic E-state index is 12.0. The molecule has 3 rings (SSSR count). The van der Waals surface area contributed by atoms with Crippen LogP contribution in [-0.2, 0) is 11.3 Å². The lowest BCUT2D eigenvalue weighted by atomic mass is 9.98. The number of anilines is 1. The Morgan fingerprint density at radius 3 is 3.15 bits per heavy atom. The quantitative estimate of drug-likeness (QED) is 0.909. The van der Waals surface area contributed by atoms with Crippen LogP contribution >= 0.6 is 11.3 Å². The van der Waals surface area contributed by atoms with Crippen LogP contribution in [0, 0.1) is 6.92 Å². The van der Waals surface area contributed by atoms with Gasteiger partial charge in [-0.15, -0.1) is 11.3 Å². The van der Waals surface area contributed by atoms with Gasteiger partial charge in [-0.1, -0.05) is 18.2 Å². The van der Waals surface area contributed by atoms with E-state index in [4.69, 9.17) is 0 Å². The van der Waals surface area contributed by atoms with Crippen LogP contribution in [0.5, 0.6) is 0 Å². The van der Waals surface area contributed by atoms with Crippen molar-refractivity contribution in [2.45, 2.75) is 25.8 Å². The van der Waals surface area contributed by atoms with Crippen LogP contribution in [0.4, 0.5) is 5.69 Å². The number of hydrogen-bond acceptors (Lipinski definition) is 4. The number of fused-ring (bicyclic) bond motifs is 1. The number of nitrogens with zero attached hydrogens (tertiary/aromatic N) is 1. The number of amides is 1. The standard InChI is InChI=1S/C15H17N3OS/c1-10-7-18-15(20-10)9-17-14(19)6-11-8-16-13-5-3-2-4-12(11)13/h2-5,7,11,16H,6,8-9H2,1H3,(H,17,19). The molecule has 2 N–H and O–H groups in total. The van der Waals surface area contributed by atoms with E-state index < -0.39 is 0 Å². The molecular formula is C15H17N3OS. The number of aryl methyl sites for hydroxylation is 1. The Balaban J connectivity index is 1.55. The van der Waals surface area contributed by atoms with Crippen LogP contribution in [0.1, 0.15) is 27.8 Å². The van der Waals surface area contributed by atoms with Crippen molar-refractivity contribution < 1.29 is 4.79 Å². The van der Waals surface area contributed by atoms with Crippen molar-refractivity contribution in [1.82, 2.24) is 10.3 Å². The molecule has 20 heavy (non-hydrogen) atoms. The molecule has 1 aliphatic rings. The Kier molecular flexibility index (Phi) is 3.69. The van der Waals surface area contributed by atoms with Gasteiger partial charge in [-0.3, -0.25) is 4.79 Å². The van der Waals surface area contributed by atoms with Gasteiger partial charge in [-0.05, 0) is 18.6 Å². The highest BCUT2D eigenvalue weighted by atomic mass is 32.1. The van der Waals surface area contributed by atoms with E-state index in [0.29, 0.717) is 13.0 Å². The zero-order chi connectivity index (χ0) is 13.9. The molecule has 1 atom stereocenters. The first-order valence-corrected chi connectivity index (χ1v) is 7.55. The van der Waals surface area contributed by atoms with E-state index in [9.17, 15) is 4.79 Å². The van der Waals surface area contributed by atoms with Crippen LogP contribution in [0.15, 0.2) is 30.5 Å². The predicted octanol–water partition coefficient (Wildman–Crippen LogP) is 2.67. The fourth-order valence-corrected chi connectivity index (χ4v) is 3.22. The second kappa shape index (κ2) is 5.63. The minimum atomic E-state index is 0.0846. The number of thiazole rings is 1. The van der Waals surface area contributed by atoms with Crippen molar-refractivity contribution in [3.8, 4) is 0 Å². The number of aromatic nitrogens is 1. The molecule has 1 amide bonds. The predicted molar refractivity (Wildman–Crippen MR) is 81.0 cm³/mol. The molecule has 4 nitrogen and oxygen atoms in total. The molecule has 104 valence electrons. The third-order valence-electron chi connectivity index (χ3n) is 3.48. The molecule has 1 aromatic heterocycles. The van der Waals surface area contributed by atoms with Gasteiger partial charge in [0.05, 0.1) is 6.54 Å². The summed E-state index contributed by atoms with van der Waals surface area (Å²) in [5.74, 6) is 0.352. The van der Waals surface area contributed by atoms with Gasteiger partial charge in [0.1, 0.15) is 5.01 Å². The highest BCUT2D eigenvalue weighted by Gasteiger charge is 2.23. The lowest BCUT2D eigenvalue weighted by molar-refractivity contribution is -0.121. The van der Waals surface area contributed by atoms with Gasteiger partial charge in [-0.2, -0.15) is 0 Å². The van der Waals surface area contributed by atoms with Gasteiger partial charge >= 0.3 is 0 Å². The molecule has 0 radical (unpaired) electrons. The molecule has 2 heterocycles. The number of nitrogens with one attached hydrogen (secondary N) is 2. The number of rotatable bonds is 4. The minimum Gasteiger partial charge on any atom is -0.384 e. The van der Waals surface area contributed by atoms with Crippen LogP contribution in [-0.4, -0.2) is 17.4 Å². The van der Waals surface area contributed by atoms with E-state index in [0.717, 1.165) is 17.2 Å². The second-order valence-corrected chi connectivity index (χ2v) is 6.33. The van der Waals surface area contributed by atoms with Crippen LogP contribution in [0.25, 0.3) is 0 Å². The van der Waals surface area contributed by atoms with E-state index in [-0.39, 0.29) is 11.8 Å². The third-order valence-corrected chi connectivity index (χ3v) is 4.39. The average Bonchev–Trinajstić information content (AvgIpc) is 3.04. The van der Waals surface area contributed by atoms with Crippen molar-refractivity contribution in [2.75, 3.05) is 11.9 Å². The van der Waals surface area contributed by atoms with E-state index >= 15 is 0 Å². The molecule has 0 aliphatic carbocycles. The van der Waals surface area contributed by atoms with E-state index in [2.05, 4.69) is 27.8 Å². The summed E-state index contributed by atoms with van der Waals surface area (Å²) in [4.78, 5) is 17.4. The van der Waals surface area contributed by atoms with Crippen LogP contribution < -0.4 is 10.6 Å². The zero-order valence-electron chi connectivity index (χ0n) is 11.3. The first kappa shape index (κ1) is 13.1. The van der Waals surface area contributed by atoms with Gasteiger partial charge in [0, 0.05) is 35.6 Å². The molecule has 0 saturated carbocycles. The van der Waals surface area contributed by atoms with Crippen molar-refractivity contribution in [3.63, 3.8) is 0 Å². The van der Waals surface area contributed by atoms with Gasteiger partial charge in [0.2, 0.25) is 5.91 Å². The van der Waals surface area contributed by atoms with Gasteiger partial charge in [0.25, 0.3) is 0 Å². The molecule has 0 spiro atoms. The van der Waals surface area contributed by atoms with Crippen molar-refractivity contribution in [1.29, 1.82) is 0 Å². The maximum atomic E-state index is 12.0. The number of benzene rings is 1. The largest absolute Gasteiger partial charge is 0.384 e. The van der Waals surface area contributed by atoms with Crippen LogP contribution in [0.3, 0.4) is 0 Å². The lowest BCUT2D eigenvalue weighted by Crippen LogP contribution is -2.25. The number of carbonyl (C=O) groups excluding carboxylic acids is 1. The van der Waals surface area contributed by atoms with Crippen molar-refractivity contribution in [2.24, 2.45) is 0 Å². The molecular weight excluding hydrogens is 270 g/mol. The molecule has 1 aromatic carbocycles. The first-order valence-electron chi connectivity index (χ1n) is 6.73. The molecule has 2 aromatic rings. The minimum absolute atomic E-state index is 0.0846. The second-order valence-electron chi connectivity index (χ2n) is 5.01. The fraction of sp³-hybridized carbons (Fsp3) is 0.333. The Labute approximate surface area is 122 Å². The van der Waals surface area contributed by atoms with Gasteiger partial charge < -0.3 is 10.6 Å². The molecule has 0 saturated heterocycles. The van der Waals surface area contributed by atoms with Crippen molar-refractivity contribution >= 4 is 22.9 Å². The molecule has 1 aliphatic heterocycles. The fourth-order valence-electron chi connectivity index (χ4n) is 2.49. The van der Waals surface area contributed by atoms with Crippen molar-refractivity contribution in [3.05, 3.63) is 45.9 Å². The molecule has 5 heteroatoms. The summed E-state index contributed by atoms with van der Waals surface area (Å²) in [5.41, 5.74) is 2.40. The monoisotopic (exact) mass is 287 g/mol. The van der Waals surface area contributed by atoms with Gasteiger partial charge in [-0.25, -0.2) is 4.98 Å². The Morgan fingerprint density at radius 2 is 2.35 bits per heavy atom. The number of carbonyl (C=O) groups is 1. The topological polar surface area (TPSA) is 54.0 Å². The Morgan fingerprint density at radius 1 is 1.50 bits per heavy atom. The highest BCUT2D eigenvalue weighted by molar-refractivity contribution is 7.11.